The monoisotopic (exact) mass is 190 g/mol. The summed E-state index contributed by atoms with van der Waals surface area (Å²) in [6, 6.07) is 2.36. The highest BCUT2D eigenvalue weighted by molar-refractivity contribution is 5.53. The minimum atomic E-state index is 0.364. The Hall–Kier alpha value is -1.58. The lowest BCUT2D eigenvalue weighted by atomic mass is 10.3. The average molecular weight is 190 g/mol. The molecule has 2 rings (SSSR count). The summed E-state index contributed by atoms with van der Waals surface area (Å²) < 4.78 is 1.98. The molecule has 2 heterocycles. The number of aromatic nitrogens is 4. The molecule has 0 fully saturated rings. The fraction of sp³-hybridized carbons (Fsp3) is 0.400. The summed E-state index contributed by atoms with van der Waals surface area (Å²) in [7, 11) is 0. The van der Waals surface area contributed by atoms with Gasteiger partial charge in [-0.2, -0.15) is 5.10 Å². The van der Waals surface area contributed by atoms with Crippen molar-refractivity contribution >= 4 is 0 Å². The molecular weight excluding hydrogens is 176 g/mol. The molecule has 0 aliphatic rings. The molecule has 0 amide bonds. The molecule has 0 saturated heterocycles. The van der Waals surface area contributed by atoms with Gasteiger partial charge in [0.05, 0.1) is 17.6 Å². The van der Waals surface area contributed by atoms with E-state index in [1.807, 2.05) is 30.1 Å². The molecule has 0 aromatic carbocycles. The van der Waals surface area contributed by atoms with Gasteiger partial charge in [0.1, 0.15) is 5.82 Å². The van der Waals surface area contributed by atoms with Crippen LogP contribution in [0.3, 0.4) is 0 Å². The smallest absolute Gasteiger partial charge is 0.103 e. The Bertz CT molecular complexity index is 425. The number of H-pyrrole nitrogens is 1. The van der Waals surface area contributed by atoms with Gasteiger partial charge in [0.2, 0.25) is 0 Å². The molecule has 0 saturated carbocycles. The third-order valence-electron chi connectivity index (χ3n) is 2.14. The number of rotatable bonds is 2. The summed E-state index contributed by atoms with van der Waals surface area (Å²) in [4.78, 5) is 7.38. The van der Waals surface area contributed by atoms with Crippen LogP contribution in [0.1, 0.15) is 25.7 Å². The SMILES string of the molecule is Cc1ncc(-c2ccnn2C(C)C)[nH]1. The van der Waals surface area contributed by atoms with Crippen molar-refractivity contribution in [1.82, 2.24) is 19.7 Å². The first-order valence-electron chi connectivity index (χ1n) is 4.74. The van der Waals surface area contributed by atoms with Gasteiger partial charge in [0.15, 0.2) is 0 Å². The van der Waals surface area contributed by atoms with E-state index in [0.717, 1.165) is 17.2 Å². The summed E-state index contributed by atoms with van der Waals surface area (Å²) in [6.07, 6.45) is 3.65. The minimum absolute atomic E-state index is 0.364. The van der Waals surface area contributed by atoms with Crippen LogP contribution in [-0.4, -0.2) is 19.7 Å². The van der Waals surface area contributed by atoms with E-state index in [1.165, 1.54) is 0 Å². The molecule has 0 spiro atoms. The van der Waals surface area contributed by atoms with Crippen LogP contribution in [0.2, 0.25) is 0 Å². The minimum Gasteiger partial charge on any atom is -0.341 e. The Kier molecular flexibility index (Phi) is 2.11. The molecular formula is C10H14N4. The summed E-state index contributed by atoms with van der Waals surface area (Å²) in [5, 5.41) is 4.27. The number of hydrogen-bond acceptors (Lipinski definition) is 2. The zero-order chi connectivity index (χ0) is 10.1. The molecule has 0 atom stereocenters. The second-order valence-corrected chi connectivity index (χ2v) is 3.64. The Labute approximate surface area is 83.0 Å². The Morgan fingerprint density at radius 3 is 2.79 bits per heavy atom. The van der Waals surface area contributed by atoms with E-state index in [0.29, 0.717) is 6.04 Å². The first-order valence-corrected chi connectivity index (χ1v) is 4.74. The molecule has 4 nitrogen and oxygen atoms in total. The Balaban J connectivity index is 2.46. The second-order valence-electron chi connectivity index (χ2n) is 3.64. The van der Waals surface area contributed by atoms with E-state index in [2.05, 4.69) is 28.9 Å². The predicted molar refractivity (Wildman–Crippen MR) is 54.9 cm³/mol. The maximum atomic E-state index is 4.27. The van der Waals surface area contributed by atoms with Crippen molar-refractivity contribution in [2.45, 2.75) is 26.8 Å². The van der Waals surface area contributed by atoms with E-state index in [9.17, 15) is 0 Å². The second kappa shape index (κ2) is 3.29. The van der Waals surface area contributed by atoms with Crippen LogP contribution in [-0.2, 0) is 0 Å². The van der Waals surface area contributed by atoms with Gasteiger partial charge < -0.3 is 4.98 Å². The van der Waals surface area contributed by atoms with Crippen LogP contribution >= 0.6 is 0 Å². The molecule has 1 N–H and O–H groups in total. The summed E-state index contributed by atoms with van der Waals surface area (Å²) in [5.74, 6) is 0.927. The third kappa shape index (κ3) is 1.43. The molecule has 14 heavy (non-hydrogen) atoms. The van der Waals surface area contributed by atoms with Crippen LogP contribution in [0.4, 0.5) is 0 Å². The topological polar surface area (TPSA) is 46.5 Å². The predicted octanol–water partition coefficient (Wildman–Crippen LogP) is 2.16. The van der Waals surface area contributed by atoms with E-state index in [-0.39, 0.29) is 0 Å². The van der Waals surface area contributed by atoms with Crippen molar-refractivity contribution in [3.8, 4) is 11.4 Å². The van der Waals surface area contributed by atoms with Crippen molar-refractivity contribution in [3.63, 3.8) is 0 Å². The van der Waals surface area contributed by atoms with Crippen LogP contribution in [0.5, 0.6) is 0 Å². The van der Waals surface area contributed by atoms with Gasteiger partial charge in [-0.3, -0.25) is 4.68 Å². The van der Waals surface area contributed by atoms with E-state index < -0.39 is 0 Å². The van der Waals surface area contributed by atoms with Crippen molar-refractivity contribution in [2.24, 2.45) is 0 Å². The highest BCUT2D eigenvalue weighted by atomic mass is 15.3. The number of aromatic amines is 1. The van der Waals surface area contributed by atoms with Gasteiger partial charge in [0.25, 0.3) is 0 Å². The summed E-state index contributed by atoms with van der Waals surface area (Å²) >= 11 is 0. The fourth-order valence-corrected chi connectivity index (χ4v) is 1.49. The zero-order valence-corrected chi connectivity index (χ0v) is 8.65. The van der Waals surface area contributed by atoms with Gasteiger partial charge in [-0.1, -0.05) is 0 Å². The highest BCUT2D eigenvalue weighted by Crippen LogP contribution is 2.19. The van der Waals surface area contributed by atoms with Crippen LogP contribution in [0, 0.1) is 6.92 Å². The molecule has 0 radical (unpaired) electrons. The lowest BCUT2D eigenvalue weighted by Gasteiger charge is -2.08. The van der Waals surface area contributed by atoms with Crippen molar-refractivity contribution < 1.29 is 0 Å². The largest absolute Gasteiger partial charge is 0.341 e. The quantitative estimate of drug-likeness (QED) is 0.788. The standard InChI is InChI=1S/C10H14N4/c1-7(2)14-10(4-5-12-14)9-6-11-8(3)13-9/h4-7H,1-3H3,(H,11,13). The normalized spacial score (nSPS) is 11.1. The number of nitrogens with zero attached hydrogens (tertiary/aromatic N) is 3. The van der Waals surface area contributed by atoms with Crippen molar-refractivity contribution in [2.75, 3.05) is 0 Å². The average Bonchev–Trinajstić information content (AvgIpc) is 2.70. The van der Waals surface area contributed by atoms with Crippen molar-refractivity contribution in [3.05, 3.63) is 24.3 Å². The number of nitrogens with one attached hydrogen (secondary N) is 1. The highest BCUT2D eigenvalue weighted by Gasteiger charge is 2.09. The summed E-state index contributed by atoms with van der Waals surface area (Å²) in [5.41, 5.74) is 2.11. The van der Waals surface area contributed by atoms with Gasteiger partial charge in [0, 0.05) is 12.2 Å². The Morgan fingerprint density at radius 2 is 2.21 bits per heavy atom. The van der Waals surface area contributed by atoms with Crippen LogP contribution in [0.25, 0.3) is 11.4 Å². The maximum Gasteiger partial charge on any atom is 0.103 e. The van der Waals surface area contributed by atoms with E-state index in [1.54, 1.807) is 0 Å². The van der Waals surface area contributed by atoms with Crippen molar-refractivity contribution in [1.29, 1.82) is 0 Å². The van der Waals surface area contributed by atoms with Crippen LogP contribution < -0.4 is 0 Å². The molecule has 4 heteroatoms. The molecule has 0 bridgehead atoms. The van der Waals surface area contributed by atoms with E-state index >= 15 is 0 Å². The van der Waals surface area contributed by atoms with E-state index in [4.69, 9.17) is 0 Å². The number of aryl methyl sites for hydroxylation is 1. The Morgan fingerprint density at radius 1 is 1.43 bits per heavy atom. The van der Waals surface area contributed by atoms with Gasteiger partial charge in [-0.25, -0.2) is 4.98 Å². The number of hydrogen-bond donors (Lipinski definition) is 1. The lowest BCUT2D eigenvalue weighted by Crippen LogP contribution is -2.04. The molecule has 2 aromatic rings. The molecule has 0 aliphatic carbocycles. The van der Waals surface area contributed by atoms with Gasteiger partial charge in [-0.15, -0.1) is 0 Å². The molecule has 2 aromatic heterocycles. The first-order chi connectivity index (χ1) is 6.68. The van der Waals surface area contributed by atoms with Gasteiger partial charge in [-0.05, 0) is 26.8 Å². The lowest BCUT2D eigenvalue weighted by molar-refractivity contribution is 0.538. The maximum absolute atomic E-state index is 4.27. The fourth-order valence-electron chi connectivity index (χ4n) is 1.49. The summed E-state index contributed by atoms with van der Waals surface area (Å²) in [6.45, 7) is 6.17. The first kappa shape index (κ1) is 8.99. The van der Waals surface area contributed by atoms with Crippen LogP contribution in [0.15, 0.2) is 18.5 Å². The van der Waals surface area contributed by atoms with Gasteiger partial charge >= 0.3 is 0 Å². The molecule has 0 unspecified atom stereocenters. The number of imidazole rings is 1. The third-order valence-corrected chi connectivity index (χ3v) is 2.14. The molecule has 0 aliphatic heterocycles. The zero-order valence-electron chi connectivity index (χ0n) is 8.65. The molecule has 74 valence electrons.